The van der Waals surface area contributed by atoms with Crippen molar-refractivity contribution in [3.63, 3.8) is 0 Å². The van der Waals surface area contributed by atoms with Crippen molar-refractivity contribution in [3.8, 4) is 5.75 Å². The van der Waals surface area contributed by atoms with Crippen LogP contribution < -0.4 is 5.32 Å². The lowest BCUT2D eigenvalue weighted by Gasteiger charge is -2.12. The van der Waals surface area contributed by atoms with Gasteiger partial charge in [0.25, 0.3) is 0 Å². The van der Waals surface area contributed by atoms with E-state index in [0.29, 0.717) is 12.6 Å². The lowest BCUT2D eigenvalue weighted by molar-refractivity contribution is 0.455. The van der Waals surface area contributed by atoms with Crippen molar-refractivity contribution in [1.82, 2.24) is 10.3 Å². The van der Waals surface area contributed by atoms with Crippen LogP contribution >= 0.6 is 11.8 Å². The Kier molecular flexibility index (Phi) is 4.91. The molecule has 0 fully saturated rings. The van der Waals surface area contributed by atoms with Crippen LogP contribution in [0.5, 0.6) is 5.75 Å². The summed E-state index contributed by atoms with van der Waals surface area (Å²) in [5, 5.41) is 12.9. The van der Waals surface area contributed by atoms with Crippen LogP contribution in [0, 0.1) is 6.92 Å². The van der Waals surface area contributed by atoms with Gasteiger partial charge in [0.05, 0.1) is 5.69 Å². The number of aromatic hydroxyl groups is 1. The van der Waals surface area contributed by atoms with Crippen LogP contribution in [0.2, 0.25) is 0 Å². The maximum Gasteiger partial charge on any atom is 0.138 e. The highest BCUT2D eigenvalue weighted by Crippen LogP contribution is 2.14. The molecular formula is C11H18N2OS. The van der Waals surface area contributed by atoms with Gasteiger partial charge < -0.3 is 10.4 Å². The van der Waals surface area contributed by atoms with Gasteiger partial charge in [-0.25, -0.2) is 0 Å². The lowest BCUT2D eigenvalue weighted by atomic mass is 10.2. The number of hydrogen-bond acceptors (Lipinski definition) is 4. The van der Waals surface area contributed by atoms with Gasteiger partial charge in [-0.15, -0.1) is 0 Å². The Labute approximate surface area is 95.3 Å². The first-order valence-electron chi connectivity index (χ1n) is 5.01. The third-order valence-corrected chi connectivity index (χ3v) is 2.96. The van der Waals surface area contributed by atoms with Gasteiger partial charge in [-0.3, -0.25) is 4.98 Å². The van der Waals surface area contributed by atoms with E-state index < -0.39 is 0 Å². The predicted octanol–water partition coefficient (Wildman–Crippen LogP) is 1.94. The summed E-state index contributed by atoms with van der Waals surface area (Å²) in [5.41, 5.74) is 1.66. The second-order valence-corrected chi connectivity index (χ2v) is 4.57. The molecule has 0 saturated carbocycles. The molecule has 2 N–H and O–H groups in total. The molecule has 0 amide bonds. The van der Waals surface area contributed by atoms with Gasteiger partial charge in [0.15, 0.2) is 0 Å². The smallest absolute Gasteiger partial charge is 0.138 e. The van der Waals surface area contributed by atoms with Gasteiger partial charge in [0, 0.05) is 24.0 Å². The molecule has 4 heteroatoms. The van der Waals surface area contributed by atoms with E-state index in [1.54, 1.807) is 17.8 Å². The number of pyridine rings is 1. The molecule has 3 nitrogen and oxygen atoms in total. The quantitative estimate of drug-likeness (QED) is 0.805. The summed E-state index contributed by atoms with van der Waals surface area (Å²) in [6, 6.07) is 3.93. The number of thioether (sulfide) groups is 1. The van der Waals surface area contributed by atoms with Crippen molar-refractivity contribution < 1.29 is 5.11 Å². The minimum absolute atomic E-state index is 0.268. The zero-order chi connectivity index (χ0) is 11.3. The van der Waals surface area contributed by atoms with Gasteiger partial charge in [0.1, 0.15) is 5.75 Å². The molecule has 0 aromatic carbocycles. The van der Waals surface area contributed by atoms with Gasteiger partial charge >= 0.3 is 0 Å². The predicted molar refractivity (Wildman–Crippen MR) is 65.3 cm³/mol. The fourth-order valence-corrected chi connectivity index (χ4v) is 1.93. The van der Waals surface area contributed by atoms with Gasteiger partial charge in [-0.2, -0.15) is 11.8 Å². The minimum Gasteiger partial charge on any atom is -0.506 e. The fourth-order valence-electron chi connectivity index (χ4n) is 1.31. The van der Waals surface area contributed by atoms with E-state index >= 15 is 0 Å². The number of hydrogen-bond donors (Lipinski definition) is 2. The molecule has 1 aromatic heterocycles. The molecule has 0 radical (unpaired) electrons. The van der Waals surface area contributed by atoms with E-state index in [0.717, 1.165) is 17.1 Å². The first-order chi connectivity index (χ1) is 7.13. The standard InChI is InChI=1S/C11H18N2OS/c1-8-4-5-11(14)10(13-8)6-12-9(2)7-15-3/h4-5,9,12,14H,6-7H2,1-3H3. The Morgan fingerprint density at radius 3 is 2.93 bits per heavy atom. The monoisotopic (exact) mass is 226 g/mol. The largest absolute Gasteiger partial charge is 0.506 e. The van der Waals surface area contributed by atoms with E-state index in [1.807, 2.05) is 13.0 Å². The first kappa shape index (κ1) is 12.3. The van der Waals surface area contributed by atoms with E-state index in [1.165, 1.54) is 0 Å². The summed E-state index contributed by atoms with van der Waals surface area (Å²) in [5.74, 6) is 1.33. The molecule has 0 aliphatic carbocycles. The van der Waals surface area contributed by atoms with Crippen LogP contribution in [0.15, 0.2) is 12.1 Å². The van der Waals surface area contributed by atoms with Crippen molar-refractivity contribution in [2.45, 2.75) is 26.4 Å². The van der Waals surface area contributed by atoms with E-state index in [9.17, 15) is 5.11 Å². The second-order valence-electron chi connectivity index (χ2n) is 3.66. The summed E-state index contributed by atoms with van der Waals surface area (Å²) in [6.45, 7) is 4.67. The molecule has 1 atom stereocenters. The second kappa shape index (κ2) is 5.98. The highest BCUT2D eigenvalue weighted by atomic mass is 32.2. The van der Waals surface area contributed by atoms with Crippen molar-refractivity contribution in [2.24, 2.45) is 0 Å². The molecule has 0 bridgehead atoms. The van der Waals surface area contributed by atoms with Crippen LogP contribution in [0.25, 0.3) is 0 Å². The molecule has 0 aliphatic rings. The molecule has 84 valence electrons. The van der Waals surface area contributed by atoms with Crippen LogP contribution in [-0.2, 0) is 6.54 Å². The normalized spacial score (nSPS) is 12.7. The Morgan fingerprint density at radius 2 is 2.27 bits per heavy atom. The Bertz CT molecular complexity index is 317. The lowest BCUT2D eigenvalue weighted by Crippen LogP contribution is -2.28. The molecule has 1 aromatic rings. The fraction of sp³-hybridized carbons (Fsp3) is 0.545. The van der Waals surface area contributed by atoms with Gasteiger partial charge in [-0.05, 0) is 32.2 Å². The number of nitrogens with one attached hydrogen (secondary N) is 1. The topological polar surface area (TPSA) is 45.2 Å². The molecule has 0 saturated heterocycles. The number of aromatic nitrogens is 1. The molecule has 1 heterocycles. The zero-order valence-electron chi connectivity index (χ0n) is 9.45. The van der Waals surface area contributed by atoms with Crippen LogP contribution in [0.1, 0.15) is 18.3 Å². The van der Waals surface area contributed by atoms with Gasteiger partial charge in [0.2, 0.25) is 0 Å². The van der Waals surface area contributed by atoms with E-state index in [2.05, 4.69) is 23.5 Å². The average Bonchev–Trinajstić information content (AvgIpc) is 2.20. The highest BCUT2D eigenvalue weighted by molar-refractivity contribution is 7.98. The average molecular weight is 226 g/mol. The highest BCUT2D eigenvalue weighted by Gasteiger charge is 2.05. The van der Waals surface area contributed by atoms with Crippen LogP contribution in [0.3, 0.4) is 0 Å². The summed E-state index contributed by atoms with van der Waals surface area (Å²) >= 11 is 1.81. The number of nitrogens with zero attached hydrogens (tertiary/aromatic N) is 1. The van der Waals surface area contributed by atoms with Gasteiger partial charge in [-0.1, -0.05) is 0 Å². The maximum atomic E-state index is 9.57. The Morgan fingerprint density at radius 1 is 1.53 bits per heavy atom. The number of rotatable bonds is 5. The van der Waals surface area contributed by atoms with Crippen molar-refractivity contribution in [1.29, 1.82) is 0 Å². The minimum atomic E-state index is 0.268. The maximum absolute atomic E-state index is 9.57. The van der Waals surface area contributed by atoms with E-state index in [4.69, 9.17) is 0 Å². The summed E-state index contributed by atoms with van der Waals surface area (Å²) < 4.78 is 0. The molecule has 15 heavy (non-hydrogen) atoms. The molecule has 1 unspecified atom stereocenters. The molecule has 1 rings (SSSR count). The van der Waals surface area contributed by atoms with Crippen LogP contribution in [0.4, 0.5) is 0 Å². The SMILES string of the molecule is CSCC(C)NCc1nc(C)ccc1O. The van der Waals surface area contributed by atoms with Crippen molar-refractivity contribution in [2.75, 3.05) is 12.0 Å². The summed E-state index contributed by atoms with van der Waals surface area (Å²) in [7, 11) is 0. The number of aryl methyl sites for hydroxylation is 1. The Hall–Kier alpha value is -0.740. The summed E-state index contributed by atoms with van der Waals surface area (Å²) in [6.07, 6.45) is 2.08. The van der Waals surface area contributed by atoms with Crippen molar-refractivity contribution >= 4 is 11.8 Å². The van der Waals surface area contributed by atoms with Crippen molar-refractivity contribution in [3.05, 3.63) is 23.5 Å². The zero-order valence-corrected chi connectivity index (χ0v) is 10.3. The van der Waals surface area contributed by atoms with Crippen LogP contribution in [-0.4, -0.2) is 28.1 Å². The molecule has 0 aliphatic heterocycles. The van der Waals surface area contributed by atoms with E-state index in [-0.39, 0.29) is 5.75 Å². The summed E-state index contributed by atoms with van der Waals surface area (Å²) in [4.78, 5) is 4.29. The Balaban J connectivity index is 2.53. The molecular weight excluding hydrogens is 208 g/mol. The first-order valence-corrected chi connectivity index (χ1v) is 6.40. The molecule has 0 spiro atoms. The third-order valence-electron chi connectivity index (χ3n) is 2.12. The third kappa shape index (κ3) is 4.10.